The summed E-state index contributed by atoms with van der Waals surface area (Å²) in [5.74, 6) is -0.422. The van der Waals surface area contributed by atoms with Gasteiger partial charge in [0.25, 0.3) is 0 Å². The maximum Gasteiger partial charge on any atom is 0.339 e. The zero-order valence-corrected chi connectivity index (χ0v) is 17.4. The summed E-state index contributed by atoms with van der Waals surface area (Å²) in [6, 6.07) is 9.10. The number of hydrogen-bond donors (Lipinski definition) is 0. The fourth-order valence-electron chi connectivity index (χ4n) is 2.59. The van der Waals surface area contributed by atoms with Crippen molar-refractivity contribution in [1.82, 2.24) is 4.90 Å². The smallest absolute Gasteiger partial charge is 0.339 e. The molecule has 0 bridgehead atoms. The first kappa shape index (κ1) is 22.6. The Morgan fingerprint density at radius 3 is 2.34 bits per heavy atom. The highest BCUT2D eigenvalue weighted by Gasteiger charge is 2.20. The number of hydrogen-bond acceptors (Lipinski definition) is 6. The molecule has 0 N–H and O–H groups in total. The molecule has 1 amide bonds. The summed E-state index contributed by atoms with van der Waals surface area (Å²) in [6.45, 7) is 2.80. The maximum absolute atomic E-state index is 13.1. The lowest BCUT2D eigenvalue weighted by Gasteiger charge is -2.22. The minimum atomic E-state index is -4.19. The molecule has 0 aliphatic rings. The van der Waals surface area contributed by atoms with Crippen molar-refractivity contribution in [2.45, 2.75) is 24.8 Å². The molecule has 29 heavy (non-hydrogen) atoms. The summed E-state index contributed by atoms with van der Waals surface area (Å²) in [6.07, 6.45) is 0.335. The third-order valence-corrected chi connectivity index (χ3v) is 5.37. The van der Waals surface area contributed by atoms with Crippen molar-refractivity contribution in [1.29, 1.82) is 0 Å². The van der Waals surface area contributed by atoms with Crippen LogP contribution in [0, 0.1) is 5.82 Å². The van der Waals surface area contributed by atoms with E-state index in [9.17, 15) is 17.6 Å². The molecule has 7 nitrogen and oxygen atoms in total. The van der Waals surface area contributed by atoms with Crippen LogP contribution in [0.1, 0.15) is 18.9 Å². The summed E-state index contributed by atoms with van der Waals surface area (Å²) in [5.41, 5.74) is 0.660. The van der Waals surface area contributed by atoms with Crippen molar-refractivity contribution in [2.24, 2.45) is 0 Å². The van der Waals surface area contributed by atoms with E-state index in [1.807, 2.05) is 0 Å². The first-order valence-corrected chi connectivity index (χ1v) is 10.3. The fraction of sp³-hybridized carbons (Fsp3) is 0.350. The molecule has 9 heteroatoms. The summed E-state index contributed by atoms with van der Waals surface area (Å²) < 4.78 is 53.6. The van der Waals surface area contributed by atoms with Crippen LogP contribution in [0.3, 0.4) is 0 Å². The number of nitrogens with zero attached hydrogens (tertiary/aromatic N) is 1. The van der Waals surface area contributed by atoms with Gasteiger partial charge >= 0.3 is 10.1 Å². The van der Waals surface area contributed by atoms with E-state index in [0.29, 0.717) is 25.1 Å². The van der Waals surface area contributed by atoms with Gasteiger partial charge in [0.15, 0.2) is 11.5 Å². The highest BCUT2D eigenvalue weighted by Crippen LogP contribution is 2.31. The molecule has 0 radical (unpaired) electrons. The van der Waals surface area contributed by atoms with Crippen LogP contribution >= 0.6 is 0 Å². The second-order valence-electron chi connectivity index (χ2n) is 6.14. The normalized spacial score (nSPS) is 11.2. The molecule has 0 atom stereocenters. The van der Waals surface area contributed by atoms with Crippen molar-refractivity contribution in [3.05, 3.63) is 53.8 Å². The number of carbonyl (C=O) groups is 1. The molecule has 0 aromatic heterocycles. The monoisotopic (exact) mass is 425 g/mol. The van der Waals surface area contributed by atoms with Gasteiger partial charge in [0.05, 0.1) is 13.7 Å². The first-order valence-electron chi connectivity index (χ1n) is 8.94. The maximum atomic E-state index is 13.1. The molecule has 0 spiro atoms. The quantitative estimate of drug-likeness (QED) is 0.545. The molecule has 0 fully saturated rings. The van der Waals surface area contributed by atoms with Crippen molar-refractivity contribution < 1.29 is 31.3 Å². The summed E-state index contributed by atoms with van der Waals surface area (Å²) in [7, 11) is -1.25. The number of halogens is 1. The number of rotatable bonds is 10. The molecule has 0 aliphatic heterocycles. The summed E-state index contributed by atoms with van der Waals surface area (Å²) in [5, 5.41) is 0. The molecule has 0 saturated carbocycles. The number of benzene rings is 2. The Labute approximate surface area is 170 Å². The highest BCUT2D eigenvalue weighted by atomic mass is 32.2. The third kappa shape index (κ3) is 6.16. The van der Waals surface area contributed by atoms with Crippen molar-refractivity contribution in [3.8, 4) is 11.5 Å². The van der Waals surface area contributed by atoms with Crippen LogP contribution in [0.25, 0.3) is 0 Å². The topological polar surface area (TPSA) is 82.1 Å². The van der Waals surface area contributed by atoms with Gasteiger partial charge in [-0.25, -0.2) is 4.39 Å². The van der Waals surface area contributed by atoms with Gasteiger partial charge in [0.1, 0.15) is 10.7 Å². The molecule has 0 aliphatic carbocycles. The van der Waals surface area contributed by atoms with E-state index >= 15 is 0 Å². The molecule has 2 aromatic rings. The fourth-order valence-corrected chi connectivity index (χ4v) is 3.52. The Bertz CT molecular complexity index is 930. The number of carbonyl (C=O) groups excluding carboxylic acids is 1. The lowest BCUT2D eigenvalue weighted by atomic mass is 10.2. The molecule has 158 valence electrons. The Balaban J connectivity index is 2.30. The van der Waals surface area contributed by atoms with E-state index in [-0.39, 0.29) is 28.8 Å². The van der Waals surface area contributed by atoms with E-state index < -0.39 is 15.9 Å². The van der Waals surface area contributed by atoms with E-state index in [1.165, 1.54) is 13.2 Å². The van der Waals surface area contributed by atoms with Crippen LogP contribution in [0.4, 0.5) is 4.39 Å². The van der Waals surface area contributed by atoms with Crippen LogP contribution in [0.15, 0.2) is 47.4 Å². The first-order chi connectivity index (χ1) is 13.8. The average molecular weight is 425 g/mol. The summed E-state index contributed by atoms with van der Waals surface area (Å²) >= 11 is 0. The van der Waals surface area contributed by atoms with Gasteiger partial charge in [0.2, 0.25) is 5.91 Å². The van der Waals surface area contributed by atoms with Gasteiger partial charge in [-0.2, -0.15) is 8.42 Å². The number of ether oxygens (including phenoxy) is 2. The predicted octanol–water partition coefficient (Wildman–Crippen LogP) is 2.99. The molecule has 0 saturated heterocycles. The SMILES string of the molecule is CCC(=O)N(CCOC)Cc1ccc(OC)c(OS(=O)(=O)c2ccc(F)cc2)c1. The van der Waals surface area contributed by atoms with Crippen LogP contribution in [0.2, 0.25) is 0 Å². The van der Waals surface area contributed by atoms with Gasteiger partial charge in [-0.3, -0.25) is 4.79 Å². The summed E-state index contributed by atoms with van der Waals surface area (Å²) in [4.78, 5) is 13.6. The van der Waals surface area contributed by atoms with E-state index in [0.717, 1.165) is 24.3 Å². The van der Waals surface area contributed by atoms with Crippen LogP contribution in [-0.4, -0.2) is 46.6 Å². The van der Waals surface area contributed by atoms with Crippen LogP contribution in [-0.2, 0) is 26.2 Å². The van der Waals surface area contributed by atoms with Gasteiger partial charge in [-0.1, -0.05) is 13.0 Å². The lowest BCUT2D eigenvalue weighted by molar-refractivity contribution is -0.132. The lowest BCUT2D eigenvalue weighted by Crippen LogP contribution is -2.32. The minimum absolute atomic E-state index is 0.0232. The molecule has 2 rings (SSSR count). The number of amides is 1. The van der Waals surface area contributed by atoms with E-state index in [4.69, 9.17) is 13.7 Å². The minimum Gasteiger partial charge on any atom is -0.493 e. The van der Waals surface area contributed by atoms with Crippen molar-refractivity contribution in [2.75, 3.05) is 27.4 Å². The number of methoxy groups -OCH3 is 2. The Morgan fingerprint density at radius 1 is 1.07 bits per heavy atom. The predicted molar refractivity (Wildman–Crippen MR) is 105 cm³/mol. The van der Waals surface area contributed by atoms with E-state index in [1.54, 1.807) is 31.1 Å². The Hall–Kier alpha value is -2.65. The van der Waals surface area contributed by atoms with Gasteiger partial charge in [-0.15, -0.1) is 0 Å². The highest BCUT2D eigenvalue weighted by molar-refractivity contribution is 7.87. The van der Waals surface area contributed by atoms with E-state index in [2.05, 4.69) is 0 Å². The second kappa shape index (κ2) is 10.2. The molecule has 0 heterocycles. The van der Waals surface area contributed by atoms with Gasteiger partial charge in [0, 0.05) is 26.6 Å². The third-order valence-electron chi connectivity index (χ3n) is 4.12. The van der Waals surface area contributed by atoms with Gasteiger partial charge in [-0.05, 0) is 42.0 Å². The molecule has 0 unspecified atom stereocenters. The molecule has 2 aromatic carbocycles. The van der Waals surface area contributed by atoms with Crippen molar-refractivity contribution >= 4 is 16.0 Å². The molecular formula is C20H24FNO6S. The van der Waals surface area contributed by atoms with Crippen LogP contribution < -0.4 is 8.92 Å². The zero-order valence-electron chi connectivity index (χ0n) is 16.6. The van der Waals surface area contributed by atoms with Crippen LogP contribution in [0.5, 0.6) is 11.5 Å². The molecular weight excluding hydrogens is 401 g/mol. The zero-order chi connectivity index (χ0) is 21.4. The second-order valence-corrected chi connectivity index (χ2v) is 7.68. The Morgan fingerprint density at radius 2 is 1.76 bits per heavy atom. The van der Waals surface area contributed by atoms with Gasteiger partial charge < -0.3 is 18.6 Å². The van der Waals surface area contributed by atoms with Crippen molar-refractivity contribution in [3.63, 3.8) is 0 Å². The standard InChI is InChI=1S/C20H24FNO6S/c1-4-20(23)22(11-12-26-2)14-15-5-10-18(27-3)19(13-15)28-29(24,25)17-8-6-16(21)7-9-17/h5-10,13H,4,11-12,14H2,1-3H3. The Kier molecular flexibility index (Phi) is 7.98. The average Bonchev–Trinajstić information content (AvgIpc) is 2.70. The largest absolute Gasteiger partial charge is 0.493 e.